The average molecular weight is 217 g/mol. The third-order valence-corrected chi connectivity index (χ3v) is 3.32. The fraction of sp³-hybridized carbons (Fsp3) is 0.500. The number of carbonyl (C=O) groups excluding carboxylic acids is 1. The molecule has 0 amide bonds. The molecule has 1 aromatic rings. The molecule has 1 aromatic carbocycles. The highest BCUT2D eigenvalue weighted by molar-refractivity contribution is 5.76. The number of rotatable bonds is 4. The van der Waals surface area contributed by atoms with Crippen molar-refractivity contribution in [1.29, 1.82) is 0 Å². The zero-order chi connectivity index (χ0) is 11.5. The number of hydrogen-bond donors (Lipinski definition) is 0. The fourth-order valence-electron chi connectivity index (χ4n) is 2.25. The summed E-state index contributed by atoms with van der Waals surface area (Å²) in [6.45, 7) is 2.46. The van der Waals surface area contributed by atoms with E-state index in [1.165, 1.54) is 36.1 Å². The largest absolute Gasteiger partial charge is 0.374 e. The van der Waals surface area contributed by atoms with Gasteiger partial charge < -0.3 is 4.90 Å². The number of anilines is 1. The van der Waals surface area contributed by atoms with Gasteiger partial charge in [0.1, 0.15) is 5.78 Å². The molecule has 0 N–H and O–H groups in total. The van der Waals surface area contributed by atoms with Crippen LogP contribution in [0, 0.1) is 0 Å². The van der Waals surface area contributed by atoms with Gasteiger partial charge in [0.25, 0.3) is 0 Å². The predicted molar refractivity (Wildman–Crippen MR) is 67.0 cm³/mol. The Hall–Kier alpha value is -1.31. The molecule has 0 aliphatic heterocycles. The zero-order valence-electron chi connectivity index (χ0n) is 10.1. The molecule has 0 saturated heterocycles. The van der Waals surface area contributed by atoms with E-state index < -0.39 is 0 Å². The molecule has 0 atom stereocenters. The third-order valence-electron chi connectivity index (χ3n) is 3.32. The van der Waals surface area contributed by atoms with Gasteiger partial charge in [-0.2, -0.15) is 0 Å². The van der Waals surface area contributed by atoms with Gasteiger partial charge in [-0.15, -0.1) is 0 Å². The summed E-state index contributed by atoms with van der Waals surface area (Å²) < 4.78 is 0. The van der Waals surface area contributed by atoms with Gasteiger partial charge in [-0.1, -0.05) is 6.07 Å². The van der Waals surface area contributed by atoms with E-state index in [0.717, 1.165) is 6.54 Å². The minimum Gasteiger partial charge on any atom is -0.374 e. The van der Waals surface area contributed by atoms with Crippen molar-refractivity contribution < 1.29 is 4.79 Å². The standard InChI is InChI=1S/C14H19NO/c1-11(16)8-9-15(2)14-7-6-12-4-3-5-13(12)10-14/h6-7,10H,3-5,8-9H2,1-2H3. The summed E-state index contributed by atoms with van der Waals surface area (Å²) in [6, 6.07) is 6.69. The van der Waals surface area contributed by atoms with E-state index in [2.05, 4.69) is 30.1 Å². The summed E-state index contributed by atoms with van der Waals surface area (Å²) in [5.41, 5.74) is 4.23. The van der Waals surface area contributed by atoms with Gasteiger partial charge in [0.2, 0.25) is 0 Å². The third kappa shape index (κ3) is 2.43. The van der Waals surface area contributed by atoms with E-state index >= 15 is 0 Å². The Morgan fingerprint density at radius 1 is 1.31 bits per heavy atom. The molecule has 2 nitrogen and oxygen atoms in total. The number of nitrogens with zero attached hydrogens (tertiary/aromatic N) is 1. The van der Waals surface area contributed by atoms with Crippen molar-refractivity contribution in [3.8, 4) is 0 Å². The molecule has 2 rings (SSSR count). The van der Waals surface area contributed by atoms with Crippen molar-refractivity contribution >= 4 is 11.5 Å². The SMILES string of the molecule is CC(=O)CCN(C)c1ccc2c(c1)CCC2. The summed E-state index contributed by atoms with van der Waals surface area (Å²) >= 11 is 0. The van der Waals surface area contributed by atoms with E-state index in [1.54, 1.807) is 6.92 Å². The van der Waals surface area contributed by atoms with Crippen molar-refractivity contribution in [2.75, 3.05) is 18.5 Å². The number of hydrogen-bond acceptors (Lipinski definition) is 2. The first kappa shape index (κ1) is 11.2. The summed E-state index contributed by atoms with van der Waals surface area (Å²) in [4.78, 5) is 13.1. The highest BCUT2D eigenvalue weighted by Gasteiger charge is 2.12. The van der Waals surface area contributed by atoms with E-state index in [-0.39, 0.29) is 5.78 Å². The van der Waals surface area contributed by atoms with E-state index in [9.17, 15) is 4.79 Å². The second kappa shape index (κ2) is 4.69. The first-order chi connectivity index (χ1) is 7.66. The maximum atomic E-state index is 10.9. The number of aryl methyl sites for hydroxylation is 2. The summed E-state index contributed by atoms with van der Waals surface area (Å²) in [7, 11) is 2.06. The molecule has 0 spiro atoms. The Labute approximate surface area is 97.3 Å². The topological polar surface area (TPSA) is 20.3 Å². The Bertz CT molecular complexity index is 398. The van der Waals surface area contributed by atoms with Crippen molar-refractivity contribution in [3.63, 3.8) is 0 Å². The molecule has 2 heteroatoms. The normalized spacial score (nSPS) is 13.6. The molecule has 86 valence electrons. The van der Waals surface area contributed by atoms with Crippen LogP contribution in [0.2, 0.25) is 0 Å². The lowest BCUT2D eigenvalue weighted by Gasteiger charge is -2.19. The maximum Gasteiger partial charge on any atom is 0.131 e. The molecular weight excluding hydrogens is 198 g/mol. The lowest BCUT2D eigenvalue weighted by Crippen LogP contribution is -2.20. The Morgan fingerprint density at radius 3 is 2.81 bits per heavy atom. The lowest BCUT2D eigenvalue weighted by atomic mass is 10.1. The van der Waals surface area contributed by atoms with Crippen LogP contribution in [0.25, 0.3) is 0 Å². The lowest BCUT2D eigenvalue weighted by molar-refractivity contribution is -0.116. The first-order valence-corrected chi connectivity index (χ1v) is 5.99. The Kier molecular flexibility index (Phi) is 3.28. The molecule has 0 unspecified atom stereocenters. The van der Waals surface area contributed by atoms with Crippen LogP contribution in [-0.2, 0) is 17.6 Å². The second-order valence-corrected chi connectivity index (χ2v) is 4.68. The van der Waals surface area contributed by atoms with Gasteiger partial charge in [-0.25, -0.2) is 0 Å². The molecule has 0 bridgehead atoms. The molecule has 1 aliphatic rings. The van der Waals surface area contributed by atoms with Crippen LogP contribution >= 0.6 is 0 Å². The van der Waals surface area contributed by atoms with Crippen LogP contribution in [0.4, 0.5) is 5.69 Å². The number of ketones is 1. The van der Waals surface area contributed by atoms with Gasteiger partial charge in [-0.3, -0.25) is 4.79 Å². The van der Waals surface area contributed by atoms with E-state index in [4.69, 9.17) is 0 Å². The molecule has 1 aliphatic carbocycles. The smallest absolute Gasteiger partial charge is 0.131 e. The minimum absolute atomic E-state index is 0.257. The molecule has 0 saturated carbocycles. The van der Waals surface area contributed by atoms with Gasteiger partial charge in [0.05, 0.1) is 0 Å². The molecule has 0 radical (unpaired) electrons. The van der Waals surface area contributed by atoms with E-state index in [0.29, 0.717) is 6.42 Å². The highest BCUT2D eigenvalue weighted by atomic mass is 16.1. The first-order valence-electron chi connectivity index (χ1n) is 5.99. The average Bonchev–Trinajstić information content (AvgIpc) is 2.72. The molecule has 16 heavy (non-hydrogen) atoms. The van der Waals surface area contributed by atoms with Crippen molar-refractivity contribution in [3.05, 3.63) is 29.3 Å². The van der Waals surface area contributed by atoms with Gasteiger partial charge in [0.15, 0.2) is 0 Å². The van der Waals surface area contributed by atoms with Crippen molar-refractivity contribution in [1.82, 2.24) is 0 Å². The maximum absolute atomic E-state index is 10.9. The number of benzene rings is 1. The number of carbonyl (C=O) groups is 1. The quantitative estimate of drug-likeness (QED) is 0.772. The number of Topliss-reactive ketones (excluding diaryl/α,β-unsaturated/α-hetero) is 1. The Balaban J connectivity index is 2.06. The van der Waals surface area contributed by atoms with Crippen LogP contribution in [0.3, 0.4) is 0 Å². The molecular formula is C14H19NO. The van der Waals surface area contributed by atoms with Crippen LogP contribution in [0.15, 0.2) is 18.2 Å². The highest BCUT2D eigenvalue weighted by Crippen LogP contribution is 2.26. The van der Waals surface area contributed by atoms with Crippen molar-refractivity contribution in [2.24, 2.45) is 0 Å². The summed E-state index contributed by atoms with van der Waals surface area (Å²) in [5, 5.41) is 0. The molecule has 0 heterocycles. The van der Waals surface area contributed by atoms with Gasteiger partial charge in [-0.05, 0) is 49.4 Å². The monoisotopic (exact) mass is 217 g/mol. The van der Waals surface area contributed by atoms with Crippen LogP contribution < -0.4 is 4.90 Å². The molecule has 0 aromatic heterocycles. The second-order valence-electron chi connectivity index (χ2n) is 4.68. The van der Waals surface area contributed by atoms with Gasteiger partial charge >= 0.3 is 0 Å². The Morgan fingerprint density at radius 2 is 2.06 bits per heavy atom. The van der Waals surface area contributed by atoms with Crippen molar-refractivity contribution in [2.45, 2.75) is 32.6 Å². The minimum atomic E-state index is 0.257. The van der Waals surface area contributed by atoms with Gasteiger partial charge in [0, 0.05) is 25.7 Å². The predicted octanol–water partition coefficient (Wildman–Crippen LogP) is 2.59. The van der Waals surface area contributed by atoms with E-state index in [1.807, 2.05) is 0 Å². The fourth-order valence-corrected chi connectivity index (χ4v) is 2.25. The molecule has 0 fully saturated rings. The number of fused-ring (bicyclic) bond motifs is 1. The summed E-state index contributed by atoms with van der Waals surface area (Å²) in [5.74, 6) is 0.257. The van der Waals surface area contributed by atoms with Crippen LogP contribution in [0.1, 0.15) is 30.9 Å². The zero-order valence-corrected chi connectivity index (χ0v) is 10.1. The van der Waals surface area contributed by atoms with Crippen LogP contribution in [0.5, 0.6) is 0 Å². The summed E-state index contributed by atoms with van der Waals surface area (Å²) in [6.07, 6.45) is 4.36. The van der Waals surface area contributed by atoms with Crippen LogP contribution in [-0.4, -0.2) is 19.4 Å².